The molecule has 2 aromatic heterocycles. The molecule has 0 unspecified atom stereocenters. The molecule has 0 aliphatic carbocycles. The van der Waals surface area contributed by atoms with Crippen molar-refractivity contribution in [1.29, 1.82) is 0 Å². The minimum atomic E-state index is 0.363. The lowest BCUT2D eigenvalue weighted by atomic mass is 10.2. The van der Waals surface area contributed by atoms with Crippen molar-refractivity contribution in [1.82, 2.24) is 10.2 Å². The second-order valence-electron chi connectivity index (χ2n) is 7.00. The van der Waals surface area contributed by atoms with Gasteiger partial charge in [0.1, 0.15) is 13.2 Å². The molecular weight excluding hydrogens is 394 g/mol. The van der Waals surface area contributed by atoms with E-state index >= 15 is 0 Å². The Morgan fingerprint density at radius 3 is 2.61 bits per heavy atom. The van der Waals surface area contributed by atoms with E-state index in [1.165, 1.54) is 0 Å². The fourth-order valence-electron chi connectivity index (χ4n) is 3.35. The summed E-state index contributed by atoms with van der Waals surface area (Å²) in [6.07, 6.45) is 5.78. The van der Waals surface area contributed by atoms with Crippen LogP contribution in [0.4, 0.5) is 5.69 Å². The first-order chi connectivity index (χ1) is 15.3. The maximum absolute atomic E-state index is 5.82. The van der Waals surface area contributed by atoms with Crippen molar-refractivity contribution in [3.63, 3.8) is 0 Å². The van der Waals surface area contributed by atoms with E-state index < -0.39 is 0 Å². The Hall–Kier alpha value is -4.00. The number of nitrogens with zero attached hydrogens (tertiary/aromatic N) is 3. The van der Waals surface area contributed by atoms with Crippen LogP contribution < -0.4 is 14.4 Å². The van der Waals surface area contributed by atoms with E-state index in [9.17, 15) is 0 Å². The molecule has 0 amide bonds. The maximum Gasteiger partial charge on any atom is 0.283 e. The Morgan fingerprint density at radius 1 is 0.903 bits per heavy atom. The Labute approximate surface area is 179 Å². The van der Waals surface area contributed by atoms with Gasteiger partial charge >= 0.3 is 0 Å². The Bertz CT molecular complexity index is 1150. The van der Waals surface area contributed by atoms with Gasteiger partial charge < -0.3 is 23.2 Å². The minimum Gasteiger partial charge on any atom is -0.486 e. The molecule has 2 aromatic carbocycles. The van der Waals surface area contributed by atoms with E-state index in [0.717, 1.165) is 22.7 Å². The van der Waals surface area contributed by atoms with Crippen LogP contribution in [-0.4, -0.2) is 30.0 Å². The third-order valence-corrected chi connectivity index (χ3v) is 4.85. The van der Waals surface area contributed by atoms with Crippen LogP contribution in [0.1, 0.15) is 11.5 Å². The molecule has 3 heterocycles. The zero-order valence-electron chi connectivity index (χ0n) is 16.8. The van der Waals surface area contributed by atoms with Gasteiger partial charge in [-0.1, -0.05) is 42.5 Å². The van der Waals surface area contributed by atoms with Crippen molar-refractivity contribution in [2.75, 3.05) is 24.7 Å². The molecule has 0 N–H and O–H groups in total. The maximum atomic E-state index is 5.82. The minimum absolute atomic E-state index is 0.363. The van der Waals surface area contributed by atoms with Crippen LogP contribution in [0.5, 0.6) is 11.5 Å². The molecule has 7 heteroatoms. The third-order valence-electron chi connectivity index (χ3n) is 4.85. The molecule has 7 nitrogen and oxygen atoms in total. The summed E-state index contributed by atoms with van der Waals surface area (Å²) in [4.78, 5) is 2.14. The summed E-state index contributed by atoms with van der Waals surface area (Å²) in [7, 11) is 0. The normalized spacial score (nSPS) is 12.9. The molecule has 0 radical (unpaired) electrons. The first kappa shape index (κ1) is 19.0. The topological polar surface area (TPSA) is 73.8 Å². The highest BCUT2D eigenvalue weighted by Crippen LogP contribution is 2.34. The monoisotopic (exact) mass is 415 g/mol. The van der Waals surface area contributed by atoms with E-state index in [4.69, 9.17) is 18.3 Å². The molecule has 5 rings (SSSR count). The Kier molecular flexibility index (Phi) is 5.38. The summed E-state index contributed by atoms with van der Waals surface area (Å²) in [5.41, 5.74) is 2.11. The molecular formula is C24H21N3O4. The fourth-order valence-corrected chi connectivity index (χ4v) is 3.35. The SMILES string of the molecule is C(=C\c1ccccc1)/CN(Cc1nnc(-c2ccco2)o1)c1ccc2c(c1)OCCO2. The zero-order valence-corrected chi connectivity index (χ0v) is 16.8. The van der Waals surface area contributed by atoms with Crippen molar-refractivity contribution < 1.29 is 18.3 Å². The smallest absolute Gasteiger partial charge is 0.283 e. The van der Waals surface area contributed by atoms with Gasteiger partial charge in [0.25, 0.3) is 5.89 Å². The number of hydrogen-bond acceptors (Lipinski definition) is 7. The fraction of sp³-hybridized carbons (Fsp3) is 0.167. The van der Waals surface area contributed by atoms with Crippen LogP contribution >= 0.6 is 0 Å². The van der Waals surface area contributed by atoms with Crippen LogP contribution in [0.3, 0.4) is 0 Å². The zero-order chi connectivity index (χ0) is 20.9. The van der Waals surface area contributed by atoms with Gasteiger partial charge in [-0.05, 0) is 29.8 Å². The van der Waals surface area contributed by atoms with E-state index in [1.54, 1.807) is 18.4 Å². The van der Waals surface area contributed by atoms with E-state index in [2.05, 4.69) is 39.4 Å². The van der Waals surface area contributed by atoms with Crippen molar-refractivity contribution in [3.8, 4) is 23.1 Å². The van der Waals surface area contributed by atoms with Crippen LogP contribution in [0, 0.1) is 0 Å². The summed E-state index contributed by atoms with van der Waals surface area (Å²) in [5.74, 6) is 2.90. The molecule has 0 atom stereocenters. The van der Waals surface area contributed by atoms with Crippen LogP contribution in [0.25, 0.3) is 17.7 Å². The number of hydrogen-bond donors (Lipinski definition) is 0. The van der Waals surface area contributed by atoms with Gasteiger partial charge in [-0.3, -0.25) is 0 Å². The van der Waals surface area contributed by atoms with Crippen LogP contribution in [0.2, 0.25) is 0 Å². The molecule has 1 aliphatic rings. The lowest BCUT2D eigenvalue weighted by molar-refractivity contribution is 0.171. The number of ether oxygens (including phenoxy) is 2. The molecule has 0 fully saturated rings. The number of anilines is 1. The van der Waals surface area contributed by atoms with E-state index in [0.29, 0.717) is 43.8 Å². The largest absolute Gasteiger partial charge is 0.486 e. The molecule has 0 saturated heterocycles. The van der Waals surface area contributed by atoms with Gasteiger partial charge in [0.05, 0.1) is 12.8 Å². The number of aromatic nitrogens is 2. The third kappa shape index (κ3) is 4.45. The lowest BCUT2D eigenvalue weighted by Gasteiger charge is -2.25. The summed E-state index contributed by atoms with van der Waals surface area (Å²) < 4.78 is 22.6. The molecule has 4 aromatic rings. The lowest BCUT2D eigenvalue weighted by Crippen LogP contribution is -2.23. The number of furan rings is 1. The van der Waals surface area contributed by atoms with Crippen molar-refractivity contribution in [2.24, 2.45) is 0 Å². The number of fused-ring (bicyclic) bond motifs is 1. The highest BCUT2D eigenvalue weighted by molar-refractivity contribution is 5.58. The molecule has 156 valence electrons. The second kappa shape index (κ2) is 8.79. The average Bonchev–Trinajstić information content (AvgIpc) is 3.51. The van der Waals surface area contributed by atoms with Crippen molar-refractivity contribution in [3.05, 3.63) is 84.5 Å². The van der Waals surface area contributed by atoms with Crippen LogP contribution in [0.15, 0.2) is 81.8 Å². The highest BCUT2D eigenvalue weighted by Gasteiger charge is 2.17. The quantitative estimate of drug-likeness (QED) is 0.428. The van der Waals surface area contributed by atoms with E-state index in [-0.39, 0.29) is 0 Å². The number of benzene rings is 2. The van der Waals surface area contributed by atoms with E-state index in [1.807, 2.05) is 36.4 Å². The molecule has 0 saturated carbocycles. The summed E-state index contributed by atoms with van der Waals surface area (Å²) in [6.45, 7) is 2.19. The first-order valence-corrected chi connectivity index (χ1v) is 10.1. The van der Waals surface area contributed by atoms with Gasteiger partial charge in [0.15, 0.2) is 17.3 Å². The average molecular weight is 415 g/mol. The molecule has 31 heavy (non-hydrogen) atoms. The number of rotatable bonds is 7. The Morgan fingerprint density at radius 2 is 1.77 bits per heavy atom. The standard InChI is InChI=1S/C24H21N3O4/c1-2-6-18(7-3-1)8-4-12-27(19-10-11-20-22(16-19)30-15-14-29-20)17-23-25-26-24(31-23)21-9-5-13-28-21/h1-11,13,16H,12,14-15,17H2/b8-4+. The molecule has 0 bridgehead atoms. The predicted molar refractivity (Wildman–Crippen MR) is 116 cm³/mol. The van der Waals surface area contributed by atoms with Gasteiger partial charge in [-0.15, -0.1) is 10.2 Å². The summed E-state index contributed by atoms with van der Waals surface area (Å²) >= 11 is 0. The van der Waals surface area contributed by atoms with Crippen molar-refractivity contribution in [2.45, 2.75) is 6.54 Å². The van der Waals surface area contributed by atoms with Crippen LogP contribution in [-0.2, 0) is 6.54 Å². The van der Waals surface area contributed by atoms with Gasteiger partial charge in [-0.25, -0.2) is 0 Å². The van der Waals surface area contributed by atoms with Gasteiger partial charge in [-0.2, -0.15) is 0 Å². The summed E-state index contributed by atoms with van der Waals surface area (Å²) in [6, 6.07) is 19.7. The summed E-state index contributed by atoms with van der Waals surface area (Å²) in [5, 5.41) is 8.30. The second-order valence-corrected chi connectivity index (χ2v) is 7.00. The Balaban J connectivity index is 1.39. The first-order valence-electron chi connectivity index (χ1n) is 10.1. The molecule has 0 spiro atoms. The predicted octanol–water partition coefficient (Wildman–Crippen LogP) is 4.82. The van der Waals surface area contributed by atoms with Gasteiger partial charge in [0.2, 0.25) is 5.89 Å². The van der Waals surface area contributed by atoms with Gasteiger partial charge in [0, 0.05) is 18.3 Å². The van der Waals surface area contributed by atoms with Crippen molar-refractivity contribution >= 4 is 11.8 Å². The molecule has 1 aliphatic heterocycles. The highest BCUT2D eigenvalue weighted by atomic mass is 16.6.